The summed E-state index contributed by atoms with van der Waals surface area (Å²) in [6, 6.07) is 8.29. The number of hydrogen-bond acceptors (Lipinski definition) is 3. The van der Waals surface area contributed by atoms with Gasteiger partial charge in [0.2, 0.25) is 0 Å². The smallest absolute Gasteiger partial charge is 0.319 e. The molecule has 0 radical (unpaired) electrons. The second kappa shape index (κ2) is 7.99. The molecule has 0 spiro atoms. The summed E-state index contributed by atoms with van der Waals surface area (Å²) in [6.45, 7) is 10.9. The Morgan fingerprint density at radius 2 is 1.95 bits per heavy atom. The van der Waals surface area contributed by atoms with Crippen molar-refractivity contribution in [3.8, 4) is 0 Å². The van der Waals surface area contributed by atoms with Gasteiger partial charge in [0, 0.05) is 6.20 Å². The number of rotatable bonds is 7. The van der Waals surface area contributed by atoms with E-state index in [1.807, 2.05) is 13.0 Å². The molecular weight excluding hydrogens is 294 g/mol. The lowest BCUT2D eigenvalue weighted by Crippen LogP contribution is -2.27. The number of carbonyl (C=O) groups is 1. The molecule has 0 bridgehead atoms. The zero-order valence-electron chi connectivity index (χ0n) is 13.6. The van der Waals surface area contributed by atoms with E-state index in [0.717, 1.165) is 22.5 Å². The van der Waals surface area contributed by atoms with Crippen LogP contribution in [0.2, 0.25) is 0 Å². The van der Waals surface area contributed by atoms with Gasteiger partial charge in [-0.25, -0.2) is 0 Å². The summed E-state index contributed by atoms with van der Waals surface area (Å²) in [7, 11) is 0. The lowest BCUT2D eigenvalue weighted by atomic mass is 10.0. The van der Waals surface area contributed by atoms with Gasteiger partial charge in [-0.1, -0.05) is 31.2 Å². The molecule has 0 aliphatic heterocycles. The van der Waals surface area contributed by atoms with Crippen molar-refractivity contribution in [2.75, 3.05) is 0 Å². The number of aryl methyl sites for hydroxylation is 1. The SMILES string of the molecule is C=N/C=C\C(=C(/C)SC(C)(C)C(=O)O)c1ccc(CC)cc1. The highest BCUT2D eigenvalue weighted by Crippen LogP contribution is 2.36. The Morgan fingerprint density at radius 3 is 2.41 bits per heavy atom. The Kier molecular flexibility index (Phi) is 6.62. The fourth-order valence-electron chi connectivity index (χ4n) is 1.95. The molecule has 0 aromatic heterocycles. The van der Waals surface area contributed by atoms with Crippen LogP contribution in [0, 0.1) is 0 Å². The Morgan fingerprint density at radius 1 is 1.36 bits per heavy atom. The van der Waals surface area contributed by atoms with Gasteiger partial charge >= 0.3 is 5.97 Å². The zero-order valence-corrected chi connectivity index (χ0v) is 14.4. The van der Waals surface area contributed by atoms with Gasteiger partial charge in [-0.3, -0.25) is 9.79 Å². The first-order valence-electron chi connectivity index (χ1n) is 7.16. The summed E-state index contributed by atoms with van der Waals surface area (Å²) < 4.78 is -0.881. The molecule has 0 heterocycles. The van der Waals surface area contributed by atoms with Crippen LogP contribution in [0.3, 0.4) is 0 Å². The molecular formula is C18H23NO2S. The average Bonchev–Trinajstić information content (AvgIpc) is 2.47. The van der Waals surface area contributed by atoms with Crippen LogP contribution >= 0.6 is 11.8 Å². The Hall–Kier alpha value is -1.81. The quantitative estimate of drug-likeness (QED) is 0.581. The Labute approximate surface area is 136 Å². The third-order valence-electron chi connectivity index (χ3n) is 3.32. The van der Waals surface area contributed by atoms with Gasteiger partial charge in [0.15, 0.2) is 0 Å². The number of carboxylic acids is 1. The first kappa shape index (κ1) is 18.2. The number of aliphatic imine (C=N–C) groups is 1. The number of aliphatic carboxylic acids is 1. The highest BCUT2D eigenvalue weighted by molar-refractivity contribution is 8.05. The minimum atomic E-state index is -0.881. The normalized spacial score (nSPS) is 13.1. The Bertz CT molecular complexity index is 598. The van der Waals surface area contributed by atoms with E-state index < -0.39 is 10.7 Å². The molecule has 0 fully saturated rings. The maximum absolute atomic E-state index is 11.3. The summed E-state index contributed by atoms with van der Waals surface area (Å²) in [5.41, 5.74) is 3.28. The van der Waals surface area contributed by atoms with Gasteiger partial charge in [-0.15, -0.1) is 11.8 Å². The van der Waals surface area contributed by atoms with Crippen molar-refractivity contribution >= 4 is 30.0 Å². The molecule has 1 aromatic rings. The first-order valence-corrected chi connectivity index (χ1v) is 7.98. The van der Waals surface area contributed by atoms with Gasteiger partial charge < -0.3 is 5.11 Å². The second-order valence-electron chi connectivity index (χ2n) is 5.44. The van der Waals surface area contributed by atoms with Gasteiger partial charge in [-0.2, -0.15) is 0 Å². The van der Waals surface area contributed by atoms with Gasteiger partial charge in [-0.05, 0) is 61.6 Å². The van der Waals surface area contributed by atoms with E-state index in [1.165, 1.54) is 17.3 Å². The molecule has 0 unspecified atom stereocenters. The number of benzene rings is 1. The third-order valence-corrected chi connectivity index (χ3v) is 4.53. The van der Waals surface area contributed by atoms with Crippen LogP contribution in [0.15, 0.2) is 46.4 Å². The molecule has 0 aliphatic rings. The molecule has 118 valence electrons. The van der Waals surface area contributed by atoms with Crippen LogP contribution < -0.4 is 0 Å². The van der Waals surface area contributed by atoms with Crippen molar-refractivity contribution in [1.82, 2.24) is 0 Å². The van der Waals surface area contributed by atoms with Gasteiger partial charge in [0.25, 0.3) is 0 Å². The molecule has 4 heteroatoms. The summed E-state index contributed by atoms with van der Waals surface area (Å²) >= 11 is 1.34. The number of hydrogen-bond donors (Lipinski definition) is 1. The highest BCUT2D eigenvalue weighted by atomic mass is 32.2. The fraction of sp³-hybridized carbons (Fsp3) is 0.333. The standard InChI is InChI=1S/C18H23NO2S/c1-6-14-7-9-15(10-8-14)16(11-12-19-5)13(2)22-18(3,4)17(20)21/h7-12H,5-6H2,1-4H3,(H,20,21)/b12-11-,16-13-. The molecule has 0 saturated carbocycles. The van der Waals surface area contributed by atoms with E-state index >= 15 is 0 Å². The van der Waals surface area contributed by atoms with Crippen molar-refractivity contribution in [3.63, 3.8) is 0 Å². The molecule has 0 amide bonds. The van der Waals surface area contributed by atoms with Crippen molar-refractivity contribution in [1.29, 1.82) is 0 Å². The van der Waals surface area contributed by atoms with Gasteiger partial charge in [0.05, 0.1) is 0 Å². The van der Waals surface area contributed by atoms with E-state index in [1.54, 1.807) is 20.0 Å². The summed E-state index contributed by atoms with van der Waals surface area (Å²) in [5.74, 6) is -0.830. The van der Waals surface area contributed by atoms with E-state index in [0.29, 0.717) is 0 Å². The number of thioether (sulfide) groups is 1. The fourth-order valence-corrected chi connectivity index (χ4v) is 3.09. The Balaban J connectivity index is 3.25. The molecule has 0 atom stereocenters. The van der Waals surface area contributed by atoms with Crippen molar-refractivity contribution in [2.24, 2.45) is 4.99 Å². The van der Waals surface area contributed by atoms with Crippen LogP contribution in [0.1, 0.15) is 38.8 Å². The zero-order chi connectivity index (χ0) is 16.8. The van der Waals surface area contributed by atoms with E-state index in [2.05, 4.69) is 42.9 Å². The second-order valence-corrected chi connectivity index (χ2v) is 7.27. The van der Waals surface area contributed by atoms with Gasteiger partial charge in [0.1, 0.15) is 4.75 Å². The van der Waals surface area contributed by atoms with Crippen LogP contribution in [-0.4, -0.2) is 22.5 Å². The number of nitrogens with zero attached hydrogens (tertiary/aromatic N) is 1. The largest absolute Gasteiger partial charge is 0.480 e. The van der Waals surface area contributed by atoms with Crippen molar-refractivity contribution in [2.45, 2.75) is 38.9 Å². The summed E-state index contributed by atoms with van der Waals surface area (Å²) in [5, 5.41) is 9.30. The molecule has 0 aliphatic carbocycles. The van der Waals surface area contributed by atoms with Crippen molar-refractivity contribution in [3.05, 3.63) is 52.6 Å². The molecule has 1 N–H and O–H groups in total. The molecule has 3 nitrogen and oxygen atoms in total. The van der Waals surface area contributed by atoms with Crippen LogP contribution in [0.25, 0.3) is 5.57 Å². The molecule has 22 heavy (non-hydrogen) atoms. The minimum absolute atomic E-state index is 0.830. The van der Waals surface area contributed by atoms with E-state index in [-0.39, 0.29) is 0 Å². The maximum Gasteiger partial charge on any atom is 0.319 e. The van der Waals surface area contributed by atoms with E-state index in [4.69, 9.17) is 0 Å². The lowest BCUT2D eigenvalue weighted by molar-refractivity contribution is -0.138. The molecule has 1 aromatic carbocycles. The van der Waals surface area contributed by atoms with Crippen LogP contribution in [-0.2, 0) is 11.2 Å². The minimum Gasteiger partial charge on any atom is -0.480 e. The lowest BCUT2D eigenvalue weighted by Gasteiger charge is -2.20. The predicted octanol–water partition coefficient (Wildman–Crippen LogP) is 4.79. The van der Waals surface area contributed by atoms with Crippen LogP contribution in [0.4, 0.5) is 0 Å². The van der Waals surface area contributed by atoms with Crippen LogP contribution in [0.5, 0.6) is 0 Å². The van der Waals surface area contributed by atoms with Crippen molar-refractivity contribution < 1.29 is 9.90 Å². The number of carboxylic acid groups (broad SMARTS) is 1. The van der Waals surface area contributed by atoms with E-state index in [9.17, 15) is 9.90 Å². The average molecular weight is 317 g/mol. The first-order chi connectivity index (χ1) is 10.3. The highest BCUT2D eigenvalue weighted by Gasteiger charge is 2.29. The third kappa shape index (κ3) is 4.88. The predicted molar refractivity (Wildman–Crippen MR) is 96.4 cm³/mol. The molecule has 1 rings (SSSR count). The molecule has 0 saturated heterocycles. The maximum atomic E-state index is 11.3. The number of allylic oxidation sites excluding steroid dienone is 3. The monoisotopic (exact) mass is 317 g/mol. The summed E-state index contributed by atoms with van der Waals surface area (Å²) in [6.07, 6.45) is 4.48. The summed E-state index contributed by atoms with van der Waals surface area (Å²) in [4.78, 5) is 16.0. The topological polar surface area (TPSA) is 49.7 Å².